The number of rotatable bonds is 6. The summed E-state index contributed by atoms with van der Waals surface area (Å²) in [5.74, 6) is 0.219. The third-order valence-electron chi connectivity index (χ3n) is 3.53. The van der Waals surface area contributed by atoms with Gasteiger partial charge in [-0.1, -0.05) is 0 Å². The highest BCUT2D eigenvalue weighted by atomic mass is 32.2. The Balaban J connectivity index is 2.01. The zero-order valence-corrected chi connectivity index (χ0v) is 13.1. The van der Waals surface area contributed by atoms with Crippen molar-refractivity contribution in [3.05, 3.63) is 17.5 Å². The van der Waals surface area contributed by atoms with E-state index < -0.39 is 5.97 Å². The summed E-state index contributed by atoms with van der Waals surface area (Å²) < 4.78 is 1.92. The van der Waals surface area contributed by atoms with Gasteiger partial charge < -0.3 is 10.0 Å². The fourth-order valence-corrected chi connectivity index (χ4v) is 2.82. The minimum absolute atomic E-state index is 0.0901. The molecule has 0 radical (unpaired) electrons. The molecule has 0 bridgehead atoms. The number of carbonyl (C=O) groups excluding carboxylic acids is 1. The number of carboxylic acid groups (broad SMARTS) is 1. The first-order valence-electron chi connectivity index (χ1n) is 7.14. The van der Waals surface area contributed by atoms with Crippen LogP contribution in [0, 0.1) is 0 Å². The third-order valence-corrected chi connectivity index (χ3v) is 4.14. The molecule has 1 aliphatic heterocycles. The van der Waals surface area contributed by atoms with Crippen molar-refractivity contribution in [1.82, 2.24) is 14.7 Å². The van der Waals surface area contributed by atoms with Gasteiger partial charge in [0.25, 0.3) is 0 Å². The number of hydrogen-bond donors (Lipinski definition) is 1. The van der Waals surface area contributed by atoms with E-state index in [0.29, 0.717) is 19.4 Å². The van der Waals surface area contributed by atoms with E-state index in [-0.39, 0.29) is 12.3 Å². The molecule has 1 amide bonds. The molecule has 6 nitrogen and oxygen atoms in total. The second-order valence-electron chi connectivity index (χ2n) is 5.16. The molecule has 0 saturated carbocycles. The lowest BCUT2D eigenvalue weighted by atomic mass is 10.2. The maximum absolute atomic E-state index is 12.1. The van der Waals surface area contributed by atoms with E-state index in [2.05, 4.69) is 5.10 Å². The van der Waals surface area contributed by atoms with Crippen LogP contribution in [0.1, 0.15) is 30.7 Å². The zero-order valence-electron chi connectivity index (χ0n) is 12.2. The van der Waals surface area contributed by atoms with E-state index in [1.165, 1.54) is 0 Å². The molecule has 1 aromatic rings. The van der Waals surface area contributed by atoms with Gasteiger partial charge in [-0.2, -0.15) is 16.9 Å². The van der Waals surface area contributed by atoms with Gasteiger partial charge in [0.05, 0.1) is 24.4 Å². The van der Waals surface area contributed by atoms with Gasteiger partial charge in [-0.05, 0) is 18.7 Å². The molecule has 1 aromatic heterocycles. The average molecular weight is 311 g/mol. The normalized spacial score (nSPS) is 14.6. The number of aryl methyl sites for hydroxylation is 2. The quantitative estimate of drug-likeness (QED) is 0.859. The van der Waals surface area contributed by atoms with Crippen molar-refractivity contribution in [2.45, 2.75) is 38.8 Å². The monoisotopic (exact) mass is 311 g/mol. The van der Waals surface area contributed by atoms with Gasteiger partial charge in [0.15, 0.2) is 0 Å². The summed E-state index contributed by atoms with van der Waals surface area (Å²) >= 11 is 1.68. The lowest BCUT2D eigenvalue weighted by molar-refractivity contribution is -0.137. The maximum Gasteiger partial charge on any atom is 0.303 e. The third kappa shape index (κ3) is 4.49. The highest BCUT2D eigenvalue weighted by molar-refractivity contribution is 7.98. The predicted molar refractivity (Wildman–Crippen MR) is 81.2 cm³/mol. The summed E-state index contributed by atoms with van der Waals surface area (Å²) in [6.45, 7) is 2.13. The number of carboxylic acids is 1. The van der Waals surface area contributed by atoms with E-state index in [0.717, 1.165) is 36.7 Å². The van der Waals surface area contributed by atoms with Crippen LogP contribution in [-0.4, -0.2) is 50.2 Å². The number of thioether (sulfide) groups is 1. The molecule has 7 heteroatoms. The van der Waals surface area contributed by atoms with Gasteiger partial charge in [0, 0.05) is 31.7 Å². The van der Waals surface area contributed by atoms with Crippen LogP contribution in [0.25, 0.3) is 0 Å². The van der Waals surface area contributed by atoms with Crippen LogP contribution in [-0.2, 0) is 29.1 Å². The van der Waals surface area contributed by atoms with Crippen molar-refractivity contribution in [1.29, 1.82) is 0 Å². The van der Waals surface area contributed by atoms with Crippen molar-refractivity contribution >= 4 is 23.6 Å². The molecule has 1 N–H and O–H groups in total. The molecule has 116 valence electrons. The number of fused-ring (bicyclic) bond motifs is 1. The van der Waals surface area contributed by atoms with E-state index in [1.807, 2.05) is 21.9 Å². The molecule has 0 aromatic carbocycles. The number of carbonyl (C=O) groups is 2. The molecule has 0 spiro atoms. The summed E-state index contributed by atoms with van der Waals surface area (Å²) in [6, 6.07) is 1.93. The number of aromatic nitrogens is 2. The van der Waals surface area contributed by atoms with Crippen LogP contribution in [0.5, 0.6) is 0 Å². The Morgan fingerprint density at radius 3 is 2.90 bits per heavy atom. The Labute approximate surface area is 128 Å². The van der Waals surface area contributed by atoms with E-state index >= 15 is 0 Å². The van der Waals surface area contributed by atoms with Crippen LogP contribution >= 0.6 is 11.8 Å². The second-order valence-corrected chi connectivity index (χ2v) is 6.14. The molecular weight excluding hydrogens is 290 g/mol. The van der Waals surface area contributed by atoms with Gasteiger partial charge >= 0.3 is 5.97 Å². The van der Waals surface area contributed by atoms with Crippen LogP contribution in [0.4, 0.5) is 0 Å². The van der Waals surface area contributed by atoms with E-state index in [4.69, 9.17) is 5.11 Å². The second kappa shape index (κ2) is 7.49. The van der Waals surface area contributed by atoms with Crippen molar-refractivity contribution in [2.75, 3.05) is 18.6 Å². The minimum Gasteiger partial charge on any atom is -0.481 e. The van der Waals surface area contributed by atoms with Crippen LogP contribution in [0.3, 0.4) is 0 Å². The molecule has 21 heavy (non-hydrogen) atoms. The molecule has 2 heterocycles. The van der Waals surface area contributed by atoms with E-state index in [9.17, 15) is 9.59 Å². The predicted octanol–water partition coefficient (Wildman–Crippen LogP) is 1.39. The molecule has 0 aliphatic carbocycles. The first kappa shape index (κ1) is 15.9. The fourth-order valence-electron chi connectivity index (χ4n) is 2.44. The Morgan fingerprint density at radius 2 is 2.19 bits per heavy atom. The number of nitrogens with zero attached hydrogens (tertiary/aromatic N) is 3. The summed E-state index contributed by atoms with van der Waals surface area (Å²) in [4.78, 5) is 24.7. The van der Waals surface area contributed by atoms with Crippen molar-refractivity contribution < 1.29 is 14.7 Å². The smallest absolute Gasteiger partial charge is 0.303 e. The SMILES string of the molecule is CSCCC(=O)N1CCCn2nc(CCC(=O)O)cc2C1. The standard InChI is InChI=1S/C14H21N3O3S/c1-21-8-5-13(18)16-6-2-7-17-12(10-16)9-11(15-17)3-4-14(19)20/h9H,2-8,10H2,1H3,(H,19,20). The van der Waals surface area contributed by atoms with Crippen molar-refractivity contribution in [3.63, 3.8) is 0 Å². The maximum atomic E-state index is 12.1. The molecule has 0 fully saturated rings. The van der Waals surface area contributed by atoms with Gasteiger partial charge in [-0.3, -0.25) is 14.3 Å². The highest BCUT2D eigenvalue weighted by Gasteiger charge is 2.20. The van der Waals surface area contributed by atoms with Crippen LogP contribution in [0.2, 0.25) is 0 Å². The Morgan fingerprint density at radius 1 is 1.38 bits per heavy atom. The fraction of sp³-hybridized carbons (Fsp3) is 0.643. The number of aliphatic carboxylic acids is 1. The lowest BCUT2D eigenvalue weighted by Crippen LogP contribution is -2.30. The first-order valence-corrected chi connectivity index (χ1v) is 8.53. The Hall–Kier alpha value is -1.50. The Bertz CT molecular complexity index is 516. The lowest BCUT2D eigenvalue weighted by Gasteiger charge is -2.19. The number of hydrogen-bond acceptors (Lipinski definition) is 4. The van der Waals surface area contributed by atoms with Crippen molar-refractivity contribution in [3.8, 4) is 0 Å². The molecule has 0 atom stereocenters. The minimum atomic E-state index is -0.813. The topological polar surface area (TPSA) is 75.4 Å². The molecule has 0 unspecified atom stereocenters. The summed E-state index contributed by atoms with van der Waals surface area (Å²) in [6.07, 6.45) is 3.99. The van der Waals surface area contributed by atoms with Gasteiger partial charge in [-0.25, -0.2) is 0 Å². The molecular formula is C14H21N3O3S. The molecule has 2 rings (SSSR count). The molecule has 0 saturated heterocycles. The first-order chi connectivity index (χ1) is 10.1. The van der Waals surface area contributed by atoms with Crippen LogP contribution < -0.4 is 0 Å². The van der Waals surface area contributed by atoms with E-state index in [1.54, 1.807) is 11.8 Å². The molecule has 1 aliphatic rings. The average Bonchev–Trinajstić information content (AvgIpc) is 2.73. The largest absolute Gasteiger partial charge is 0.481 e. The summed E-state index contributed by atoms with van der Waals surface area (Å²) in [5.41, 5.74) is 1.80. The van der Waals surface area contributed by atoms with Crippen LogP contribution in [0.15, 0.2) is 6.07 Å². The Kier molecular flexibility index (Phi) is 5.67. The van der Waals surface area contributed by atoms with Gasteiger partial charge in [0.2, 0.25) is 5.91 Å². The highest BCUT2D eigenvalue weighted by Crippen LogP contribution is 2.16. The number of amides is 1. The van der Waals surface area contributed by atoms with Gasteiger partial charge in [0.1, 0.15) is 0 Å². The van der Waals surface area contributed by atoms with Crippen molar-refractivity contribution in [2.24, 2.45) is 0 Å². The summed E-state index contributed by atoms with van der Waals surface area (Å²) in [5, 5.41) is 13.2. The summed E-state index contributed by atoms with van der Waals surface area (Å²) in [7, 11) is 0. The zero-order chi connectivity index (χ0) is 15.2. The van der Waals surface area contributed by atoms with Gasteiger partial charge in [-0.15, -0.1) is 0 Å².